The summed E-state index contributed by atoms with van der Waals surface area (Å²) in [5.41, 5.74) is -0.836. The molecule has 0 radical (unpaired) electrons. The minimum Gasteiger partial charge on any atom is -0.238 e. The van der Waals surface area contributed by atoms with Crippen LogP contribution in [-0.4, -0.2) is 29.2 Å². The third kappa shape index (κ3) is 3.85. The van der Waals surface area contributed by atoms with Crippen LogP contribution < -0.4 is 0 Å². The molecule has 162 valence electrons. The molecule has 0 bridgehead atoms. The van der Waals surface area contributed by atoms with Gasteiger partial charge in [-0.1, -0.05) is 23.7 Å². The lowest BCUT2D eigenvalue weighted by atomic mass is 9.99. The van der Waals surface area contributed by atoms with Crippen molar-refractivity contribution in [2.75, 3.05) is 0 Å². The lowest BCUT2D eigenvalue weighted by Gasteiger charge is -2.31. The Morgan fingerprint density at radius 1 is 1.03 bits per heavy atom. The van der Waals surface area contributed by atoms with Crippen LogP contribution in [0.25, 0.3) is 0 Å². The summed E-state index contributed by atoms with van der Waals surface area (Å²) in [5, 5.41) is 2.57. The van der Waals surface area contributed by atoms with E-state index in [-0.39, 0.29) is 22.0 Å². The SMILES string of the molecule is CC1=Nc2cc(C(F)(F)F)nn2C(c2ccc(F)cc2)C1S(=O)(=O)c1ccc(Cl)cc1. The average molecular weight is 472 g/mol. The van der Waals surface area contributed by atoms with E-state index in [2.05, 4.69) is 10.1 Å². The van der Waals surface area contributed by atoms with Crippen molar-refractivity contribution in [2.45, 2.75) is 29.3 Å². The predicted octanol–water partition coefficient (Wildman–Crippen LogP) is 5.23. The normalized spacial score (nSPS) is 19.1. The molecular formula is C20H14ClF4N3O2S. The van der Waals surface area contributed by atoms with Gasteiger partial charge in [-0.2, -0.15) is 18.3 Å². The lowest BCUT2D eigenvalue weighted by Crippen LogP contribution is -2.41. The fourth-order valence-electron chi connectivity index (χ4n) is 3.55. The Bertz CT molecular complexity index is 1270. The molecule has 2 aromatic carbocycles. The van der Waals surface area contributed by atoms with Crippen LogP contribution in [0.15, 0.2) is 64.5 Å². The zero-order valence-electron chi connectivity index (χ0n) is 15.8. The van der Waals surface area contributed by atoms with E-state index in [0.717, 1.165) is 22.9 Å². The summed E-state index contributed by atoms with van der Waals surface area (Å²) in [4.78, 5) is 4.03. The Hall–Kier alpha value is -2.72. The molecule has 4 rings (SSSR count). The topological polar surface area (TPSA) is 64.3 Å². The number of nitrogens with zero attached hydrogens (tertiary/aromatic N) is 3. The van der Waals surface area contributed by atoms with E-state index in [1.54, 1.807) is 0 Å². The standard InChI is InChI=1S/C20H14ClF4N3O2S/c1-11-19(31(29,30)15-8-4-13(21)5-9-15)18(12-2-6-14(22)7-3-12)28-17(26-11)10-16(27-28)20(23,24)25/h2-10,18-19H,1H3. The van der Waals surface area contributed by atoms with Gasteiger partial charge in [-0.25, -0.2) is 22.5 Å². The Kier molecular flexibility index (Phi) is 5.17. The number of sulfone groups is 1. The second kappa shape index (κ2) is 7.45. The summed E-state index contributed by atoms with van der Waals surface area (Å²) in [6.45, 7) is 1.43. The van der Waals surface area contributed by atoms with E-state index in [1.165, 1.54) is 43.3 Å². The van der Waals surface area contributed by atoms with E-state index < -0.39 is 38.8 Å². The number of fused-ring (bicyclic) bond motifs is 1. The number of alkyl halides is 3. The van der Waals surface area contributed by atoms with E-state index in [0.29, 0.717) is 5.02 Å². The first-order valence-corrected chi connectivity index (χ1v) is 10.9. The van der Waals surface area contributed by atoms with Gasteiger partial charge in [-0.05, 0) is 48.9 Å². The molecule has 0 amide bonds. The van der Waals surface area contributed by atoms with Gasteiger partial charge >= 0.3 is 6.18 Å². The summed E-state index contributed by atoms with van der Waals surface area (Å²) in [5.74, 6) is -0.708. The molecule has 0 aliphatic carbocycles. The maximum absolute atomic E-state index is 13.5. The Balaban J connectivity index is 1.94. The molecule has 0 fully saturated rings. The predicted molar refractivity (Wildman–Crippen MR) is 107 cm³/mol. The molecule has 0 spiro atoms. The monoisotopic (exact) mass is 471 g/mol. The molecule has 5 nitrogen and oxygen atoms in total. The maximum Gasteiger partial charge on any atom is 0.435 e. The summed E-state index contributed by atoms with van der Waals surface area (Å²) in [6, 6.07) is 9.85. The molecular weight excluding hydrogens is 458 g/mol. The van der Waals surface area contributed by atoms with Gasteiger partial charge < -0.3 is 0 Å². The molecule has 11 heteroatoms. The quantitative estimate of drug-likeness (QED) is 0.491. The Labute approximate surface area is 179 Å². The molecule has 0 saturated heterocycles. The van der Waals surface area contributed by atoms with Gasteiger partial charge in [0.05, 0.1) is 4.90 Å². The third-order valence-electron chi connectivity index (χ3n) is 4.95. The molecule has 1 aliphatic heterocycles. The smallest absolute Gasteiger partial charge is 0.238 e. The highest BCUT2D eigenvalue weighted by atomic mass is 35.5. The Morgan fingerprint density at radius 2 is 1.65 bits per heavy atom. The number of halogens is 5. The van der Waals surface area contributed by atoms with Crippen molar-refractivity contribution < 1.29 is 26.0 Å². The van der Waals surface area contributed by atoms with Crippen molar-refractivity contribution in [3.8, 4) is 0 Å². The van der Waals surface area contributed by atoms with E-state index in [4.69, 9.17) is 11.6 Å². The van der Waals surface area contributed by atoms with Crippen LogP contribution in [0.3, 0.4) is 0 Å². The molecule has 31 heavy (non-hydrogen) atoms. The van der Waals surface area contributed by atoms with Crippen LogP contribution in [0, 0.1) is 5.82 Å². The molecule has 1 aliphatic rings. The maximum atomic E-state index is 13.5. The van der Waals surface area contributed by atoms with E-state index in [1.807, 2.05) is 0 Å². The zero-order chi connectivity index (χ0) is 22.6. The van der Waals surface area contributed by atoms with Gasteiger partial charge in [0.1, 0.15) is 17.1 Å². The van der Waals surface area contributed by atoms with Gasteiger partial charge in [0.25, 0.3) is 0 Å². The molecule has 2 atom stereocenters. The van der Waals surface area contributed by atoms with Gasteiger partial charge in [0.15, 0.2) is 21.3 Å². The van der Waals surface area contributed by atoms with Crippen LogP contribution in [0.2, 0.25) is 5.02 Å². The first-order valence-electron chi connectivity index (χ1n) is 8.95. The van der Waals surface area contributed by atoms with Crippen molar-refractivity contribution in [3.63, 3.8) is 0 Å². The van der Waals surface area contributed by atoms with Crippen LogP contribution >= 0.6 is 11.6 Å². The summed E-state index contributed by atoms with van der Waals surface area (Å²) in [7, 11) is -4.13. The van der Waals surface area contributed by atoms with Gasteiger partial charge in [-0.3, -0.25) is 0 Å². The lowest BCUT2D eigenvalue weighted by molar-refractivity contribution is -0.141. The fraction of sp³-hybridized carbons (Fsp3) is 0.200. The minimum absolute atomic E-state index is 0.0739. The first kappa shape index (κ1) is 21.5. The second-order valence-electron chi connectivity index (χ2n) is 7.00. The van der Waals surface area contributed by atoms with Crippen molar-refractivity contribution in [3.05, 3.63) is 76.7 Å². The molecule has 2 heterocycles. The van der Waals surface area contributed by atoms with Crippen molar-refractivity contribution in [2.24, 2.45) is 4.99 Å². The molecule has 3 aromatic rings. The summed E-state index contributed by atoms with van der Waals surface area (Å²) >= 11 is 5.85. The number of hydrogen-bond acceptors (Lipinski definition) is 4. The summed E-state index contributed by atoms with van der Waals surface area (Å²) in [6.07, 6.45) is -4.74. The fourth-order valence-corrected chi connectivity index (χ4v) is 5.60. The van der Waals surface area contributed by atoms with Crippen molar-refractivity contribution in [1.82, 2.24) is 9.78 Å². The molecule has 0 saturated carbocycles. The van der Waals surface area contributed by atoms with Gasteiger partial charge in [-0.15, -0.1) is 0 Å². The van der Waals surface area contributed by atoms with Crippen LogP contribution in [-0.2, 0) is 16.0 Å². The van der Waals surface area contributed by atoms with Gasteiger partial charge in [0.2, 0.25) is 0 Å². The van der Waals surface area contributed by atoms with Crippen LogP contribution in [0.5, 0.6) is 0 Å². The second-order valence-corrected chi connectivity index (χ2v) is 9.50. The molecule has 1 aromatic heterocycles. The largest absolute Gasteiger partial charge is 0.435 e. The van der Waals surface area contributed by atoms with Crippen molar-refractivity contribution >= 4 is 33.0 Å². The van der Waals surface area contributed by atoms with E-state index >= 15 is 0 Å². The average Bonchev–Trinajstić information content (AvgIpc) is 3.12. The highest BCUT2D eigenvalue weighted by Crippen LogP contribution is 2.41. The number of benzene rings is 2. The van der Waals surface area contributed by atoms with Crippen LogP contribution in [0.4, 0.5) is 23.4 Å². The third-order valence-corrected chi connectivity index (χ3v) is 7.40. The zero-order valence-corrected chi connectivity index (χ0v) is 17.4. The Morgan fingerprint density at radius 3 is 2.23 bits per heavy atom. The number of rotatable bonds is 3. The highest BCUT2D eigenvalue weighted by molar-refractivity contribution is 7.92. The summed E-state index contributed by atoms with van der Waals surface area (Å²) < 4.78 is 81.3. The van der Waals surface area contributed by atoms with Gasteiger partial charge in [0, 0.05) is 16.8 Å². The molecule has 0 N–H and O–H groups in total. The first-order chi connectivity index (χ1) is 14.5. The molecule has 2 unspecified atom stereocenters. The number of aliphatic imine (C=N–C) groups is 1. The number of hydrogen-bond donors (Lipinski definition) is 0. The van der Waals surface area contributed by atoms with Crippen LogP contribution in [0.1, 0.15) is 24.2 Å². The number of aromatic nitrogens is 2. The highest BCUT2D eigenvalue weighted by Gasteiger charge is 2.45. The minimum atomic E-state index is -4.74. The van der Waals surface area contributed by atoms with E-state index in [9.17, 15) is 26.0 Å². The van der Waals surface area contributed by atoms with Crippen molar-refractivity contribution in [1.29, 1.82) is 0 Å².